The van der Waals surface area contributed by atoms with E-state index in [4.69, 9.17) is 4.98 Å². The highest BCUT2D eigenvalue weighted by Gasteiger charge is 2.35. The minimum atomic E-state index is -0.930. The molecule has 1 fully saturated rings. The Morgan fingerprint density at radius 1 is 0.962 bits per heavy atom. The van der Waals surface area contributed by atoms with E-state index in [1.165, 1.54) is 0 Å². The fourth-order valence-corrected chi connectivity index (χ4v) is 3.59. The van der Waals surface area contributed by atoms with Gasteiger partial charge < -0.3 is 10.0 Å². The number of hydrogen-bond donors (Lipinski definition) is 1. The summed E-state index contributed by atoms with van der Waals surface area (Å²) in [6.07, 6.45) is 1.32. The molecule has 1 aromatic heterocycles. The first kappa shape index (κ1) is 16.7. The maximum Gasteiger partial charge on any atom is 0.165 e. The first-order valence-corrected chi connectivity index (χ1v) is 9.04. The number of hydrogen-bond acceptors (Lipinski definition) is 4. The zero-order valence-corrected chi connectivity index (χ0v) is 14.6. The topological polar surface area (TPSA) is 53.4 Å². The van der Waals surface area contributed by atoms with Gasteiger partial charge in [-0.2, -0.15) is 0 Å². The second-order valence-corrected chi connectivity index (χ2v) is 7.04. The van der Waals surface area contributed by atoms with Crippen LogP contribution < -0.4 is 4.90 Å². The van der Waals surface area contributed by atoms with E-state index in [2.05, 4.69) is 17.0 Å². The number of fused-ring (bicyclic) bond motifs is 1. The van der Waals surface area contributed by atoms with Gasteiger partial charge in [-0.1, -0.05) is 48.5 Å². The summed E-state index contributed by atoms with van der Waals surface area (Å²) in [5.41, 5.74) is 0.713. The molecule has 1 saturated heterocycles. The zero-order chi connectivity index (χ0) is 18.0. The van der Waals surface area contributed by atoms with E-state index in [0.717, 1.165) is 16.7 Å². The number of Topliss-reactive ketones (excluding diaryl/α,β-unsaturated/α-hetero) is 1. The normalized spacial score (nSPS) is 16.6. The lowest BCUT2D eigenvalue weighted by atomic mass is 9.85. The fourth-order valence-electron chi connectivity index (χ4n) is 3.59. The Labute approximate surface area is 153 Å². The lowest BCUT2D eigenvalue weighted by Gasteiger charge is -2.38. The molecule has 1 aliphatic heterocycles. The van der Waals surface area contributed by atoms with Crippen LogP contribution in [0.5, 0.6) is 0 Å². The van der Waals surface area contributed by atoms with Crippen molar-refractivity contribution >= 4 is 22.5 Å². The van der Waals surface area contributed by atoms with E-state index in [1.807, 2.05) is 42.5 Å². The predicted octanol–water partition coefficient (Wildman–Crippen LogP) is 3.84. The molecular formula is C22H22N2O2. The van der Waals surface area contributed by atoms with Crippen molar-refractivity contribution in [3.05, 3.63) is 72.3 Å². The molecule has 0 amide bonds. The average Bonchev–Trinajstić information content (AvgIpc) is 2.68. The van der Waals surface area contributed by atoms with Gasteiger partial charge in [0.05, 0.1) is 11.1 Å². The van der Waals surface area contributed by atoms with Gasteiger partial charge in [-0.3, -0.25) is 4.79 Å². The molecule has 1 aliphatic rings. The van der Waals surface area contributed by atoms with E-state index in [-0.39, 0.29) is 12.2 Å². The number of ketones is 1. The van der Waals surface area contributed by atoms with E-state index >= 15 is 0 Å². The van der Waals surface area contributed by atoms with Crippen LogP contribution in [0.1, 0.15) is 29.6 Å². The highest BCUT2D eigenvalue weighted by atomic mass is 16.3. The number of nitrogens with zero attached hydrogens (tertiary/aromatic N) is 2. The molecule has 1 N–H and O–H groups in total. The molecule has 2 heterocycles. The van der Waals surface area contributed by atoms with Crippen LogP contribution in [0.2, 0.25) is 0 Å². The van der Waals surface area contributed by atoms with Crippen molar-refractivity contribution in [1.29, 1.82) is 0 Å². The monoisotopic (exact) mass is 346 g/mol. The number of rotatable bonds is 4. The van der Waals surface area contributed by atoms with Gasteiger partial charge in [-0.15, -0.1) is 0 Å². The average molecular weight is 346 g/mol. The molecule has 0 unspecified atom stereocenters. The first-order chi connectivity index (χ1) is 12.6. The highest BCUT2D eigenvalue weighted by Crippen LogP contribution is 2.30. The summed E-state index contributed by atoms with van der Waals surface area (Å²) in [6, 6.07) is 21.4. The van der Waals surface area contributed by atoms with E-state index in [9.17, 15) is 9.90 Å². The minimum absolute atomic E-state index is 0.00498. The van der Waals surface area contributed by atoms with Crippen molar-refractivity contribution in [2.24, 2.45) is 0 Å². The molecular weight excluding hydrogens is 324 g/mol. The van der Waals surface area contributed by atoms with Crippen molar-refractivity contribution in [3.63, 3.8) is 0 Å². The second kappa shape index (κ2) is 6.89. The number of anilines is 1. The molecule has 4 nitrogen and oxygen atoms in total. The molecule has 3 aromatic rings. The summed E-state index contributed by atoms with van der Waals surface area (Å²) in [5.74, 6) is 0.936. The lowest BCUT2D eigenvalue weighted by molar-refractivity contribution is 0.0108. The Morgan fingerprint density at radius 2 is 1.65 bits per heavy atom. The van der Waals surface area contributed by atoms with Crippen LogP contribution in [0, 0.1) is 0 Å². The second-order valence-electron chi connectivity index (χ2n) is 7.04. The van der Waals surface area contributed by atoms with Crippen molar-refractivity contribution < 1.29 is 9.90 Å². The molecule has 0 atom stereocenters. The number of pyridine rings is 1. The summed E-state index contributed by atoms with van der Waals surface area (Å²) in [6.45, 7) is 1.40. The van der Waals surface area contributed by atoms with Crippen LogP contribution in [0.25, 0.3) is 10.9 Å². The van der Waals surface area contributed by atoms with Gasteiger partial charge in [0.15, 0.2) is 5.78 Å². The number of carbonyl (C=O) groups is 1. The molecule has 26 heavy (non-hydrogen) atoms. The number of aromatic nitrogens is 1. The summed E-state index contributed by atoms with van der Waals surface area (Å²) >= 11 is 0. The molecule has 132 valence electrons. The van der Waals surface area contributed by atoms with Gasteiger partial charge in [-0.05, 0) is 31.0 Å². The number of carbonyl (C=O) groups excluding carboxylic acids is 1. The van der Waals surface area contributed by atoms with Gasteiger partial charge >= 0.3 is 0 Å². The van der Waals surface area contributed by atoms with Crippen molar-refractivity contribution in [1.82, 2.24) is 4.98 Å². The molecule has 4 rings (SSSR count). The maximum atomic E-state index is 12.4. The van der Waals surface area contributed by atoms with Crippen molar-refractivity contribution in [3.8, 4) is 0 Å². The van der Waals surface area contributed by atoms with Gasteiger partial charge in [0.1, 0.15) is 5.82 Å². The molecule has 0 aliphatic carbocycles. The van der Waals surface area contributed by atoms with Crippen LogP contribution in [-0.2, 0) is 0 Å². The van der Waals surface area contributed by atoms with Crippen molar-refractivity contribution in [2.75, 3.05) is 18.0 Å². The molecule has 0 radical (unpaired) electrons. The van der Waals surface area contributed by atoms with Gasteiger partial charge in [0.2, 0.25) is 0 Å². The van der Waals surface area contributed by atoms with Crippen LogP contribution in [0.4, 0.5) is 5.82 Å². The number of aliphatic hydroxyl groups is 1. The molecule has 0 saturated carbocycles. The number of piperidine rings is 1. The Balaban J connectivity index is 1.43. The summed E-state index contributed by atoms with van der Waals surface area (Å²) in [4.78, 5) is 19.4. The highest BCUT2D eigenvalue weighted by molar-refractivity contribution is 5.96. The van der Waals surface area contributed by atoms with Crippen LogP contribution in [0.3, 0.4) is 0 Å². The van der Waals surface area contributed by atoms with Gasteiger partial charge in [-0.25, -0.2) is 4.98 Å². The fraction of sp³-hybridized carbons (Fsp3) is 0.273. The summed E-state index contributed by atoms with van der Waals surface area (Å²) < 4.78 is 0. The van der Waals surface area contributed by atoms with E-state index in [1.54, 1.807) is 12.1 Å². The largest absolute Gasteiger partial charge is 0.389 e. The van der Waals surface area contributed by atoms with Gasteiger partial charge in [0.25, 0.3) is 0 Å². The third-order valence-electron chi connectivity index (χ3n) is 5.19. The lowest BCUT2D eigenvalue weighted by Crippen LogP contribution is -2.45. The van der Waals surface area contributed by atoms with Crippen LogP contribution in [-0.4, -0.2) is 34.6 Å². The molecule has 0 bridgehead atoms. The summed E-state index contributed by atoms with van der Waals surface area (Å²) in [7, 11) is 0. The Hall–Kier alpha value is -2.72. The number of benzene rings is 2. The third kappa shape index (κ3) is 3.46. The Kier molecular flexibility index (Phi) is 4.43. The maximum absolute atomic E-state index is 12.4. The Morgan fingerprint density at radius 3 is 2.42 bits per heavy atom. The van der Waals surface area contributed by atoms with Crippen molar-refractivity contribution in [2.45, 2.75) is 24.9 Å². The quantitative estimate of drug-likeness (QED) is 0.729. The smallest absolute Gasteiger partial charge is 0.165 e. The predicted molar refractivity (Wildman–Crippen MR) is 104 cm³/mol. The SMILES string of the molecule is O=C(CC1(O)CCN(c2ccc3ccccc3n2)CC1)c1ccccc1. The zero-order valence-electron chi connectivity index (χ0n) is 14.6. The molecule has 2 aromatic carbocycles. The molecule has 0 spiro atoms. The van der Waals surface area contributed by atoms with E-state index < -0.39 is 5.60 Å². The first-order valence-electron chi connectivity index (χ1n) is 9.04. The standard InChI is InChI=1S/C22H22N2O2/c25-20(18-7-2-1-3-8-18)16-22(26)12-14-24(15-13-22)21-11-10-17-6-4-5-9-19(17)23-21/h1-11,26H,12-16H2. The third-order valence-corrected chi connectivity index (χ3v) is 5.19. The summed E-state index contributed by atoms with van der Waals surface area (Å²) in [5, 5.41) is 12.0. The van der Waals surface area contributed by atoms with Crippen LogP contribution in [0.15, 0.2) is 66.7 Å². The minimum Gasteiger partial charge on any atom is -0.389 e. The Bertz CT molecular complexity index is 916. The van der Waals surface area contributed by atoms with Crippen LogP contribution >= 0.6 is 0 Å². The van der Waals surface area contributed by atoms with E-state index in [0.29, 0.717) is 31.5 Å². The number of para-hydroxylation sites is 1. The molecule has 4 heteroatoms. The van der Waals surface area contributed by atoms with Gasteiger partial charge in [0, 0.05) is 30.5 Å².